The lowest BCUT2D eigenvalue weighted by Crippen LogP contribution is -2.11. The van der Waals surface area contributed by atoms with Crippen LogP contribution in [0.15, 0.2) is 24.3 Å². The molecule has 1 amide bonds. The summed E-state index contributed by atoms with van der Waals surface area (Å²) < 4.78 is 4.91. The Balaban J connectivity index is 0.000000362. The molecule has 0 saturated heterocycles. The number of halogens is 1. The Hall–Kier alpha value is -2.08. The number of hydrogen-bond acceptors (Lipinski definition) is 4. The Morgan fingerprint density at radius 3 is 2.21 bits per heavy atom. The molecule has 1 aromatic carbocycles. The van der Waals surface area contributed by atoms with Gasteiger partial charge in [-0.25, -0.2) is 0 Å². The van der Waals surface area contributed by atoms with Gasteiger partial charge in [0.1, 0.15) is 12.2 Å². The number of hydrogen-bond donors (Lipinski definition) is 2. The minimum atomic E-state index is -1.13. The highest BCUT2D eigenvalue weighted by Crippen LogP contribution is 2.15. The zero-order chi connectivity index (χ0) is 14.8. The van der Waals surface area contributed by atoms with Gasteiger partial charge in [0.25, 0.3) is 5.91 Å². The Bertz CT molecular complexity index is 461. The van der Waals surface area contributed by atoms with E-state index >= 15 is 0 Å². The monoisotopic (exact) mass is 287 g/mol. The minimum absolute atomic E-state index is 0.216. The molecule has 0 aliphatic rings. The van der Waals surface area contributed by atoms with Crippen molar-refractivity contribution >= 4 is 29.3 Å². The molecule has 0 spiro atoms. The number of carboxylic acid groups (broad SMARTS) is 1. The molecule has 0 radical (unpaired) electrons. The maximum Gasteiger partial charge on any atom is 0.310 e. The van der Waals surface area contributed by atoms with Gasteiger partial charge in [-0.2, -0.15) is 0 Å². The van der Waals surface area contributed by atoms with Crippen LogP contribution >= 0.6 is 11.6 Å². The maximum atomic E-state index is 10.7. The fourth-order valence-corrected chi connectivity index (χ4v) is 1.16. The molecule has 0 unspecified atom stereocenters. The standard InChI is InChI=1S/C8H9NO2.C4H5ClO3/c1-11-7-5-3-2-4-6(7)8(9)10;5-2-3(6)1-4(7)8/h2-5H,1H3,(H2,9,10);1-2H2,(H,7,8). The molecule has 104 valence electrons. The Morgan fingerprint density at radius 2 is 1.89 bits per heavy atom. The molecule has 1 rings (SSSR count). The lowest BCUT2D eigenvalue weighted by Gasteiger charge is -2.02. The van der Waals surface area contributed by atoms with Crippen LogP contribution in [0, 0.1) is 0 Å². The number of rotatable bonds is 5. The number of carbonyl (C=O) groups is 3. The van der Waals surface area contributed by atoms with Crippen molar-refractivity contribution < 1.29 is 24.2 Å². The number of nitrogens with two attached hydrogens (primary N) is 1. The molecule has 1 aromatic rings. The molecule has 3 N–H and O–H groups in total. The summed E-state index contributed by atoms with van der Waals surface area (Å²) in [5.74, 6) is -1.76. The number of carboxylic acids is 1. The van der Waals surface area contributed by atoms with Crippen LogP contribution in [0.1, 0.15) is 16.8 Å². The van der Waals surface area contributed by atoms with Crippen molar-refractivity contribution in [3.63, 3.8) is 0 Å². The highest BCUT2D eigenvalue weighted by molar-refractivity contribution is 6.28. The number of aliphatic carboxylic acids is 1. The lowest BCUT2D eigenvalue weighted by molar-refractivity contribution is -0.139. The molecule has 0 aliphatic carbocycles. The average Bonchev–Trinajstić information content (AvgIpc) is 2.38. The first-order valence-corrected chi connectivity index (χ1v) is 5.68. The van der Waals surface area contributed by atoms with E-state index in [2.05, 4.69) is 0 Å². The molecular formula is C12H14ClNO5. The minimum Gasteiger partial charge on any atom is -0.496 e. The smallest absolute Gasteiger partial charge is 0.310 e. The molecule has 0 heterocycles. The molecule has 0 aliphatic heterocycles. The molecule has 0 aromatic heterocycles. The number of carbonyl (C=O) groups excluding carboxylic acids is 2. The quantitative estimate of drug-likeness (QED) is 0.622. The number of methoxy groups -OCH3 is 1. The predicted octanol–water partition coefficient (Wildman–Crippen LogP) is 1.06. The summed E-state index contributed by atoms with van der Waals surface area (Å²) in [6.45, 7) is 0. The van der Waals surface area contributed by atoms with Crippen molar-refractivity contribution in [1.29, 1.82) is 0 Å². The maximum absolute atomic E-state index is 10.7. The van der Waals surface area contributed by atoms with Crippen LogP contribution < -0.4 is 10.5 Å². The number of alkyl halides is 1. The van der Waals surface area contributed by atoms with Gasteiger partial charge in [0.2, 0.25) is 0 Å². The van der Waals surface area contributed by atoms with Crippen molar-refractivity contribution in [3.8, 4) is 5.75 Å². The van der Waals surface area contributed by atoms with Gasteiger partial charge >= 0.3 is 5.97 Å². The van der Waals surface area contributed by atoms with Gasteiger partial charge in [-0.3, -0.25) is 14.4 Å². The molecule has 0 atom stereocenters. The lowest BCUT2D eigenvalue weighted by atomic mass is 10.2. The molecule has 7 heteroatoms. The topological polar surface area (TPSA) is 107 Å². The van der Waals surface area contributed by atoms with Gasteiger partial charge in [0.05, 0.1) is 18.6 Å². The van der Waals surface area contributed by atoms with E-state index in [0.29, 0.717) is 11.3 Å². The van der Waals surface area contributed by atoms with Gasteiger partial charge < -0.3 is 15.6 Å². The van der Waals surface area contributed by atoms with E-state index in [1.807, 2.05) is 0 Å². The van der Waals surface area contributed by atoms with Crippen LogP contribution in [0.3, 0.4) is 0 Å². The highest BCUT2D eigenvalue weighted by Gasteiger charge is 2.05. The van der Waals surface area contributed by atoms with Gasteiger partial charge in [-0.05, 0) is 12.1 Å². The average molecular weight is 288 g/mol. The largest absolute Gasteiger partial charge is 0.496 e. The Morgan fingerprint density at radius 1 is 1.32 bits per heavy atom. The van der Waals surface area contributed by atoms with Gasteiger partial charge in [0.15, 0.2) is 5.78 Å². The first-order chi connectivity index (χ1) is 8.92. The number of benzene rings is 1. The number of para-hydroxylation sites is 1. The van der Waals surface area contributed by atoms with Crippen LogP contribution in [-0.2, 0) is 9.59 Å². The Labute approximate surface area is 115 Å². The van der Waals surface area contributed by atoms with Crippen LogP contribution in [0.2, 0.25) is 0 Å². The Kier molecular flexibility index (Phi) is 7.95. The fourth-order valence-electron chi connectivity index (χ4n) is 1.06. The van der Waals surface area contributed by atoms with Crippen molar-refractivity contribution in [3.05, 3.63) is 29.8 Å². The summed E-state index contributed by atoms with van der Waals surface area (Å²) >= 11 is 4.98. The van der Waals surface area contributed by atoms with E-state index in [-0.39, 0.29) is 5.88 Å². The van der Waals surface area contributed by atoms with Crippen LogP contribution in [0.25, 0.3) is 0 Å². The zero-order valence-corrected chi connectivity index (χ0v) is 11.0. The number of ketones is 1. The molecule has 0 saturated carbocycles. The first kappa shape index (κ1) is 16.9. The molecule has 0 fully saturated rings. The molecule has 0 bridgehead atoms. The van der Waals surface area contributed by atoms with E-state index in [0.717, 1.165) is 0 Å². The van der Waals surface area contributed by atoms with Gasteiger partial charge in [-0.1, -0.05) is 12.1 Å². The summed E-state index contributed by atoms with van der Waals surface area (Å²) in [6, 6.07) is 6.84. The van der Waals surface area contributed by atoms with Crippen molar-refractivity contribution in [1.82, 2.24) is 0 Å². The molecular weight excluding hydrogens is 274 g/mol. The summed E-state index contributed by atoms with van der Waals surface area (Å²) in [4.78, 5) is 30.5. The van der Waals surface area contributed by atoms with E-state index in [9.17, 15) is 14.4 Å². The van der Waals surface area contributed by atoms with Crippen LogP contribution in [-0.4, -0.2) is 35.8 Å². The molecule has 19 heavy (non-hydrogen) atoms. The van der Waals surface area contributed by atoms with Crippen molar-refractivity contribution in [2.75, 3.05) is 13.0 Å². The predicted molar refractivity (Wildman–Crippen MR) is 69.5 cm³/mol. The third-order valence-corrected chi connectivity index (χ3v) is 2.17. The van der Waals surface area contributed by atoms with Crippen molar-refractivity contribution in [2.24, 2.45) is 5.73 Å². The molecule has 6 nitrogen and oxygen atoms in total. The zero-order valence-electron chi connectivity index (χ0n) is 10.3. The second kappa shape index (κ2) is 8.93. The second-order valence-electron chi connectivity index (χ2n) is 3.31. The SMILES string of the molecule is COc1ccccc1C(N)=O.O=C(O)CC(=O)CCl. The number of ether oxygens (including phenoxy) is 1. The summed E-state index contributed by atoms with van der Waals surface area (Å²) in [6.07, 6.45) is -0.469. The fraction of sp³-hybridized carbons (Fsp3) is 0.250. The van der Waals surface area contributed by atoms with Gasteiger partial charge in [0, 0.05) is 0 Å². The van der Waals surface area contributed by atoms with Crippen LogP contribution in [0.5, 0.6) is 5.75 Å². The second-order valence-corrected chi connectivity index (χ2v) is 3.57. The first-order valence-electron chi connectivity index (χ1n) is 5.14. The highest BCUT2D eigenvalue weighted by atomic mass is 35.5. The normalized spacial score (nSPS) is 8.95. The van der Waals surface area contributed by atoms with Crippen molar-refractivity contribution in [2.45, 2.75) is 6.42 Å². The third-order valence-electron chi connectivity index (χ3n) is 1.87. The van der Waals surface area contributed by atoms with Gasteiger partial charge in [-0.15, -0.1) is 11.6 Å². The third kappa shape index (κ3) is 7.05. The van der Waals surface area contributed by atoms with E-state index < -0.39 is 24.1 Å². The number of Topliss-reactive ketones (excluding diaryl/α,β-unsaturated/α-hetero) is 1. The van der Waals surface area contributed by atoms with E-state index in [1.54, 1.807) is 24.3 Å². The van der Waals surface area contributed by atoms with E-state index in [1.165, 1.54) is 7.11 Å². The summed E-state index contributed by atoms with van der Waals surface area (Å²) in [7, 11) is 1.50. The summed E-state index contributed by atoms with van der Waals surface area (Å²) in [5, 5.41) is 7.94. The summed E-state index contributed by atoms with van der Waals surface area (Å²) in [5.41, 5.74) is 5.48. The van der Waals surface area contributed by atoms with E-state index in [4.69, 9.17) is 27.2 Å². The van der Waals surface area contributed by atoms with Crippen LogP contribution in [0.4, 0.5) is 0 Å². The number of primary amides is 1. The number of amides is 1.